The molecule has 2 heterocycles. The topological polar surface area (TPSA) is 94.0 Å². The van der Waals surface area contributed by atoms with Crippen LogP contribution in [0, 0.1) is 5.92 Å². The molecule has 0 unspecified atom stereocenters. The second-order valence-electron chi connectivity index (χ2n) is 8.93. The third-order valence-corrected chi connectivity index (χ3v) is 6.10. The van der Waals surface area contributed by atoms with E-state index in [0.717, 1.165) is 0 Å². The maximum Gasteiger partial charge on any atom is 0.275 e. The Kier molecular flexibility index (Phi) is 7.04. The Morgan fingerprint density at radius 1 is 0.914 bits per heavy atom. The van der Waals surface area contributed by atoms with E-state index in [1.54, 1.807) is 59.4 Å². The number of fused-ring (bicyclic) bond motifs is 1. The number of benzene rings is 2. The number of rotatable bonds is 6. The van der Waals surface area contributed by atoms with E-state index in [1.807, 2.05) is 13.8 Å². The smallest absolute Gasteiger partial charge is 0.275 e. The minimum Gasteiger partial charge on any atom is -0.497 e. The van der Waals surface area contributed by atoms with Gasteiger partial charge >= 0.3 is 0 Å². The number of ether oxygens (including phenoxy) is 2. The second kappa shape index (κ2) is 10.2. The number of carbonyl (C=O) groups excluding carboxylic acids is 2. The highest BCUT2D eigenvalue weighted by molar-refractivity contribution is 6.05. The third-order valence-electron chi connectivity index (χ3n) is 6.10. The van der Waals surface area contributed by atoms with Crippen molar-refractivity contribution in [3.63, 3.8) is 0 Å². The lowest BCUT2D eigenvalue weighted by molar-refractivity contribution is 0.0530. The zero-order chi connectivity index (χ0) is 25.1. The van der Waals surface area contributed by atoms with Crippen molar-refractivity contribution < 1.29 is 19.1 Å². The molecule has 0 atom stereocenters. The molecule has 1 fully saturated rings. The summed E-state index contributed by atoms with van der Waals surface area (Å²) in [7, 11) is 3.07. The van der Waals surface area contributed by atoms with E-state index >= 15 is 0 Å². The fourth-order valence-electron chi connectivity index (χ4n) is 4.27. The first-order chi connectivity index (χ1) is 16.8. The van der Waals surface area contributed by atoms with Crippen LogP contribution in [0.5, 0.6) is 11.5 Å². The number of piperazine rings is 1. The van der Waals surface area contributed by atoms with Crippen molar-refractivity contribution in [2.75, 3.05) is 40.4 Å². The van der Waals surface area contributed by atoms with Gasteiger partial charge in [0.1, 0.15) is 11.5 Å². The van der Waals surface area contributed by atoms with E-state index in [9.17, 15) is 14.4 Å². The van der Waals surface area contributed by atoms with Gasteiger partial charge in [0.15, 0.2) is 5.69 Å². The van der Waals surface area contributed by atoms with Crippen LogP contribution < -0.4 is 15.0 Å². The van der Waals surface area contributed by atoms with Crippen LogP contribution in [0.25, 0.3) is 10.8 Å². The van der Waals surface area contributed by atoms with Gasteiger partial charge in [0, 0.05) is 44.2 Å². The summed E-state index contributed by atoms with van der Waals surface area (Å²) < 4.78 is 12.0. The van der Waals surface area contributed by atoms with Gasteiger partial charge in [0.05, 0.1) is 25.2 Å². The molecule has 35 heavy (non-hydrogen) atoms. The van der Waals surface area contributed by atoms with Gasteiger partial charge < -0.3 is 19.3 Å². The fourth-order valence-corrected chi connectivity index (χ4v) is 4.27. The summed E-state index contributed by atoms with van der Waals surface area (Å²) in [4.78, 5) is 42.9. The number of aromatic nitrogens is 2. The van der Waals surface area contributed by atoms with Crippen LogP contribution in [0.1, 0.15) is 34.7 Å². The summed E-state index contributed by atoms with van der Waals surface area (Å²) in [5.41, 5.74) is 0.508. The summed E-state index contributed by atoms with van der Waals surface area (Å²) in [6.07, 6.45) is 0. The van der Waals surface area contributed by atoms with E-state index in [-0.39, 0.29) is 29.0 Å². The first-order valence-corrected chi connectivity index (χ1v) is 11.6. The highest BCUT2D eigenvalue weighted by Crippen LogP contribution is 2.26. The summed E-state index contributed by atoms with van der Waals surface area (Å²) in [6.45, 7) is 5.91. The van der Waals surface area contributed by atoms with Crippen LogP contribution in [0.4, 0.5) is 0 Å². The standard InChI is InChI=1S/C26H30N4O5/c1-17(2)16-30-25(32)20-8-6-5-7-19(20)23(27-30)26(33)29-13-11-28(12-14-29)24(31)21-10-9-18(34-3)15-22(21)35-4/h5-10,15,17H,11-14,16H2,1-4H3. The monoisotopic (exact) mass is 478 g/mol. The summed E-state index contributed by atoms with van der Waals surface area (Å²) in [6, 6.07) is 12.2. The molecule has 1 aliphatic rings. The van der Waals surface area contributed by atoms with Crippen molar-refractivity contribution in [1.82, 2.24) is 19.6 Å². The minimum absolute atomic E-state index is 0.161. The molecule has 1 saturated heterocycles. The molecule has 0 aliphatic carbocycles. The van der Waals surface area contributed by atoms with Gasteiger partial charge in [-0.1, -0.05) is 32.0 Å². The van der Waals surface area contributed by atoms with Gasteiger partial charge in [0.25, 0.3) is 17.4 Å². The van der Waals surface area contributed by atoms with Crippen LogP contribution in [0.2, 0.25) is 0 Å². The first kappa shape index (κ1) is 24.3. The molecule has 2 amide bonds. The molecule has 0 spiro atoms. The highest BCUT2D eigenvalue weighted by atomic mass is 16.5. The largest absolute Gasteiger partial charge is 0.497 e. The number of nitrogens with zero attached hydrogens (tertiary/aromatic N) is 4. The van der Waals surface area contributed by atoms with Crippen LogP contribution in [0.15, 0.2) is 47.3 Å². The Balaban J connectivity index is 1.55. The predicted molar refractivity (Wildman–Crippen MR) is 132 cm³/mol. The summed E-state index contributed by atoms with van der Waals surface area (Å²) in [5, 5.41) is 5.48. The van der Waals surface area contributed by atoms with Gasteiger partial charge in [-0.05, 0) is 24.1 Å². The summed E-state index contributed by atoms with van der Waals surface area (Å²) >= 11 is 0. The predicted octanol–water partition coefficient (Wildman–Crippen LogP) is 2.67. The molecular formula is C26H30N4O5. The van der Waals surface area contributed by atoms with Gasteiger partial charge in [-0.15, -0.1) is 0 Å². The molecule has 1 aromatic heterocycles. The lowest BCUT2D eigenvalue weighted by atomic mass is 10.1. The molecule has 184 valence electrons. The lowest BCUT2D eigenvalue weighted by Gasteiger charge is -2.35. The van der Waals surface area contributed by atoms with E-state index in [0.29, 0.717) is 60.6 Å². The lowest BCUT2D eigenvalue weighted by Crippen LogP contribution is -2.51. The van der Waals surface area contributed by atoms with Crippen LogP contribution >= 0.6 is 0 Å². The van der Waals surface area contributed by atoms with Crippen molar-refractivity contribution in [3.8, 4) is 11.5 Å². The molecule has 0 radical (unpaired) electrons. The van der Waals surface area contributed by atoms with Crippen molar-refractivity contribution in [3.05, 3.63) is 64.1 Å². The molecule has 0 bridgehead atoms. The molecule has 0 N–H and O–H groups in total. The van der Waals surface area contributed by atoms with Gasteiger partial charge in [-0.2, -0.15) is 5.10 Å². The maximum atomic E-state index is 13.5. The fraction of sp³-hybridized carbons (Fsp3) is 0.385. The molecule has 4 rings (SSSR count). The third kappa shape index (κ3) is 4.84. The van der Waals surface area contributed by atoms with E-state index < -0.39 is 0 Å². The van der Waals surface area contributed by atoms with Crippen molar-refractivity contribution in [2.45, 2.75) is 20.4 Å². The number of methoxy groups -OCH3 is 2. The molecule has 1 aliphatic heterocycles. The first-order valence-electron chi connectivity index (χ1n) is 11.6. The SMILES string of the molecule is COc1ccc(C(=O)N2CCN(C(=O)c3nn(CC(C)C)c(=O)c4ccccc34)CC2)c(OC)c1. The molecule has 9 nitrogen and oxygen atoms in total. The van der Waals surface area contributed by atoms with Gasteiger partial charge in [0.2, 0.25) is 0 Å². The number of hydrogen-bond acceptors (Lipinski definition) is 6. The number of carbonyl (C=O) groups is 2. The Morgan fingerprint density at radius 2 is 1.54 bits per heavy atom. The van der Waals surface area contributed by atoms with Crippen molar-refractivity contribution in [2.24, 2.45) is 5.92 Å². The van der Waals surface area contributed by atoms with E-state index in [4.69, 9.17) is 9.47 Å². The molecule has 2 aromatic carbocycles. The molecule has 3 aromatic rings. The number of amides is 2. The molecule has 0 saturated carbocycles. The normalized spacial score (nSPS) is 13.9. The zero-order valence-corrected chi connectivity index (χ0v) is 20.5. The average Bonchev–Trinajstić information content (AvgIpc) is 2.89. The Morgan fingerprint density at radius 3 is 2.14 bits per heavy atom. The van der Waals surface area contributed by atoms with E-state index in [2.05, 4.69) is 5.10 Å². The Hall–Kier alpha value is -3.88. The van der Waals surface area contributed by atoms with Crippen molar-refractivity contribution >= 4 is 22.6 Å². The molecular weight excluding hydrogens is 448 g/mol. The van der Waals surface area contributed by atoms with Crippen LogP contribution in [-0.2, 0) is 6.54 Å². The summed E-state index contributed by atoms with van der Waals surface area (Å²) in [5.74, 6) is 0.843. The van der Waals surface area contributed by atoms with Crippen LogP contribution in [0.3, 0.4) is 0 Å². The van der Waals surface area contributed by atoms with Crippen molar-refractivity contribution in [1.29, 1.82) is 0 Å². The van der Waals surface area contributed by atoms with E-state index in [1.165, 1.54) is 11.8 Å². The highest BCUT2D eigenvalue weighted by Gasteiger charge is 2.29. The molecule has 9 heteroatoms. The average molecular weight is 479 g/mol. The second-order valence-corrected chi connectivity index (χ2v) is 8.93. The van der Waals surface area contributed by atoms with Gasteiger partial charge in [-0.3, -0.25) is 14.4 Å². The van der Waals surface area contributed by atoms with Gasteiger partial charge in [-0.25, -0.2) is 4.68 Å². The Labute approximate surface area is 203 Å². The maximum absolute atomic E-state index is 13.5. The Bertz CT molecular complexity index is 1310. The quantitative estimate of drug-likeness (QED) is 0.541. The van der Waals surface area contributed by atoms with Crippen LogP contribution in [-0.4, -0.2) is 71.8 Å². The minimum atomic E-state index is -0.243. The number of hydrogen-bond donors (Lipinski definition) is 0. The zero-order valence-electron chi connectivity index (χ0n) is 20.5.